The lowest BCUT2D eigenvalue weighted by Gasteiger charge is -2.26. The number of fused-ring (bicyclic) bond motifs is 1. The van der Waals surface area contributed by atoms with Crippen LogP contribution in [0, 0.1) is 24.1 Å². The fraction of sp³-hybridized carbons (Fsp3) is 0.486. The minimum Gasteiger partial charge on any atom is -0.500 e. The Balaban J connectivity index is 1.24. The molecule has 4 nitrogen and oxygen atoms in total. The Morgan fingerprint density at radius 3 is 2.49 bits per heavy atom. The number of aromatic nitrogens is 1. The van der Waals surface area contributed by atoms with Crippen LogP contribution in [0.2, 0.25) is 0 Å². The largest absolute Gasteiger partial charge is 0.500 e. The average molecular weight is 626 g/mol. The van der Waals surface area contributed by atoms with E-state index in [0.717, 1.165) is 61.3 Å². The van der Waals surface area contributed by atoms with Crippen molar-refractivity contribution in [1.29, 1.82) is 0 Å². The molecule has 1 saturated heterocycles. The Labute approximate surface area is 263 Å². The van der Waals surface area contributed by atoms with Crippen LogP contribution in [0.25, 0.3) is 22.0 Å². The molecule has 0 spiro atoms. The van der Waals surface area contributed by atoms with E-state index in [1.807, 2.05) is 6.07 Å². The number of aliphatic hydroxyl groups is 1. The molecule has 1 N–H and O–H groups in total. The summed E-state index contributed by atoms with van der Waals surface area (Å²) in [6.07, 6.45) is 4.12. The summed E-state index contributed by atoms with van der Waals surface area (Å²) in [7, 11) is 1.21. The summed E-state index contributed by atoms with van der Waals surface area (Å²) in [5.74, 6) is 0.0781. The van der Waals surface area contributed by atoms with Gasteiger partial charge in [0.2, 0.25) is 0 Å². The average Bonchev–Trinajstić information content (AvgIpc) is 3.80. The number of nitrogens with zero attached hydrogens (tertiary/aromatic N) is 1. The van der Waals surface area contributed by atoms with E-state index in [1.54, 1.807) is 18.3 Å². The molecule has 0 bridgehead atoms. The summed E-state index contributed by atoms with van der Waals surface area (Å²) in [5.41, 5.74) is 2.06. The van der Waals surface area contributed by atoms with Crippen molar-refractivity contribution in [1.82, 2.24) is 4.98 Å². The Kier molecular flexibility index (Phi) is 9.76. The van der Waals surface area contributed by atoms with Crippen molar-refractivity contribution in [3.8, 4) is 11.1 Å². The number of alkyl halides is 3. The molecule has 2 aromatic carbocycles. The van der Waals surface area contributed by atoms with E-state index in [4.69, 9.17) is 14.5 Å². The third-order valence-corrected chi connectivity index (χ3v) is 9.42. The van der Waals surface area contributed by atoms with E-state index in [-0.39, 0.29) is 37.0 Å². The van der Waals surface area contributed by atoms with E-state index < -0.39 is 23.0 Å². The highest BCUT2D eigenvalue weighted by Crippen LogP contribution is 2.62. The number of halogens is 4. The predicted octanol–water partition coefficient (Wildman–Crippen LogP) is 9.21. The number of benzene rings is 2. The summed E-state index contributed by atoms with van der Waals surface area (Å²) < 4.78 is 66.6. The van der Waals surface area contributed by atoms with Crippen molar-refractivity contribution >= 4 is 10.9 Å². The highest BCUT2D eigenvalue weighted by Gasteiger charge is 2.66. The van der Waals surface area contributed by atoms with E-state index in [2.05, 4.69) is 25.6 Å². The second-order valence-corrected chi connectivity index (χ2v) is 13.3. The predicted molar refractivity (Wildman–Crippen MR) is 169 cm³/mol. The SMILES string of the molecule is C=C(/C=C(\OC)C1(C(F)(F)F)CC1)CC(C)(O)Cc1ccc(-c2cnc3cc(CCCC4CCOCC4)c(C)cc3c2)cc1F. The molecule has 45 heavy (non-hydrogen) atoms. The zero-order valence-corrected chi connectivity index (χ0v) is 26.4. The lowest BCUT2D eigenvalue weighted by Crippen LogP contribution is -2.29. The molecule has 2 fully saturated rings. The number of hydrogen-bond donors (Lipinski definition) is 1. The lowest BCUT2D eigenvalue weighted by molar-refractivity contribution is -0.184. The number of ether oxygens (including phenoxy) is 2. The molecule has 1 aromatic heterocycles. The van der Waals surface area contributed by atoms with Gasteiger partial charge in [0.25, 0.3) is 0 Å². The monoisotopic (exact) mass is 625 g/mol. The molecule has 0 radical (unpaired) electrons. The third kappa shape index (κ3) is 7.78. The first-order valence-electron chi connectivity index (χ1n) is 15.8. The number of aryl methyl sites for hydroxylation is 2. The second-order valence-electron chi connectivity index (χ2n) is 13.3. The van der Waals surface area contributed by atoms with Crippen molar-refractivity contribution in [3.63, 3.8) is 0 Å². The van der Waals surface area contributed by atoms with Crippen LogP contribution >= 0.6 is 0 Å². The molecule has 2 aliphatic rings. The van der Waals surface area contributed by atoms with Crippen molar-refractivity contribution < 1.29 is 32.1 Å². The molecular formula is C37H43F4NO3. The first-order chi connectivity index (χ1) is 21.3. The van der Waals surface area contributed by atoms with E-state index in [0.29, 0.717) is 11.1 Å². The fourth-order valence-electron chi connectivity index (χ4n) is 6.63. The maximum absolute atomic E-state index is 15.3. The minimum absolute atomic E-state index is 0.0365. The van der Waals surface area contributed by atoms with Crippen LogP contribution in [0.4, 0.5) is 17.6 Å². The zero-order valence-electron chi connectivity index (χ0n) is 26.4. The Bertz CT molecular complexity index is 1570. The van der Waals surface area contributed by atoms with Crippen molar-refractivity contribution in [2.24, 2.45) is 11.3 Å². The van der Waals surface area contributed by atoms with Gasteiger partial charge in [-0.15, -0.1) is 0 Å². The number of rotatable bonds is 12. The molecule has 0 amide bonds. The maximum atomic E-state index is 15.3. The molecule has 242 valence electrons. The summed E-state index contributed by atoms with van der Waals surface area (Å²) in [5, 5.41) is 12.1. The summed E-state index contributed by atoms with van der Waals surface area (Å²) in [4.78, 5) is 4.69. The van der Waals surface area contributed by atoms with Crippen LogP contribution in [0.5, 0.6) is 0 Å². The quantitative estimate of drug-likeness (QED) is 0.124. The molecule has 1 unspecified atom stereocenters. The molecule has 1 aliphatic carbocycles. The molecule has 2 heterocycles. The number of methoxy groups -OCH3 is 1. The van der Waals surface area contributed by atoms with Gasteiger partial charge < -0.3 is 14.6 Å². The summed E-state index contributed by atoms with van der Waals surface area (Å²) >= 11 is 0. The van der Waals surface area contributed by atoms with Crippen LogP contribution in [-0.2, 0) is 22.3 Å². The Morgan fingerprint density at radius 2 is 1.84 bits per heavy atom. The van der Waals surface area contributed by atoms with E-state index >= 15 is 4.39 Å². The molecule has 1 aliphatic heterocycles. The van der Waals surface area contributed by atoms with Crippen molar-refractivity contribution in [2.75, 3.05) is 20.3 Å². The molecule has 1 saturated carbocycles. The highest BCUT2D eigenvalue weighted by atomic mass is 19.4. The first-order valence-corrected chi connectivity index (χ1v) is 15.8. The molecular weight excluding hydrogens is 582 g/mol. The second kappa shape index (κ2) is 13.2. The van der Waals surface area contributed by atoms with E-state index in [9.17, 15) is 18.3 Å². The van der Waals surface area contributed by atoms with Crippen LogP contribution in [-0.4, -0.2) is 42.2 Å². The standard InChI is InChI=1S/C37H43F4NO3/c1-24(16-34(44-4)36(12-13-36)37(39,40)41)21-35(3,43)22-29-9-8-28(19-32(29)38)31-18-30-17-25(2)27(20-33(30)42-23-31)7-5-6-26-10-14-45-15-11-26/h8-9,16-20,23,26,43H,1,5-7,10-15,21-22H2,2-4H3/b34-16-. The van der Waals surface area contributed by atoms with Crippen LogP contribution in [0.3, 0.4) is 0 Å². The normalized spacial score (nSPS) is 18.5. The van der Waals surface area contributed by atoms with Crippen molar-refractivity contribution in [2.45, 2.75) is 83.4 Å². The van der Waals surface area contributed by atoms with Gasteiger partial charge in [0.15, 0.2) is 0 Å². The van der Waals surface area contributed by atoms with E-state index in [1.165, 1.54) is 43.7 Å². The lowest BCUT2D eigenvalue weighted by atomic mass is 9.88. The van der Waals surface area contributed by atoms with Gasteiger partial charge in [0, 0.05) is 43.2 Å². The maximum Gasteiger partial charge on any atom is 0.401 e. The van der Waals surface area contributed by atoms with Crippen molar-refractivity contribution in [3.05, 3.63) is 89.1 Å². The summed E-state index contributed by atoms with van der Waals surface area (Å²) in [6.45, 7) is 9.25. The van der Waals surface area contributed by atoms with Crippen LogP contribution in [0.1, 0.15) is 68.6 Å². The third-order valence-electron chi connectivity index (χ3n) is 9.42. The van der Waals surface area contributed by atoms with Gasteiger partial charge in [-0.1, -0.05) is 18.7 Å². The van der Waals surface area contributed by atoms with Crippen LogP contribution in [0.15, 0.2) is 66.6 Å². The zero-order chi connectivity index (χ0) is 32.4. The Morgan fingerprint density at radius 1 is 1.11 bits per heavy atom. The van der Waals surface area contributed by atoms with Gasteiger partial charge >= 0.3 is 6.18 Å². The molecule has 5 rings (SSSR count). The molecule has 1 atom stereocenters. The topological polar surface area (TPSA) is 51.6 Å². The van der Waals surface area contributed by atoms with Gasteiger partial charge in [-0.05, 0) is 123 Å². The first kappa shape index (κ1) is 33.1. The van der Waals surface area contributed by atoms with Crippen LogP contribution < -0.4 is 0 Å². The van der Waals surface area contributed by atoms with Gasteiger partial charge in [0.05, 0.1) is 18.2 Å². The number of hydrogen-bond acceptors (Lipinski definition) is 4. The highest BCUT2D eigenvalue weighted by molar-refractivity contribution is 5.85. The van der Waals surface area contributed by atoms with Gasteiger partial charge in [-0.25, -0.2) is 4.39 Å². The molecule has 8 heteroatoms. The number of allylic oxidation sites excluding steroid dienone is 2. The van der Waals surface area contributed by atoms with Gasteiger partial charge in [-0.3, -0.25) is 4.98 Å². The summed E-state index contributed by atoms with van der Waals surface area (Å²) in [6, 6.07) is 11.2. The number of pyridine rings is 1. The molecule has 3 aromatic rings. The van der Waals surface area contributed by atoms with Gasteiger partial charge in [-0.2, -0.15) is 13.2 Å². The smallest absolute Gasteiger partial charge is 0.401 e. The van der Waals surface area contributed by atoms with Gasteiger partial charge in [0.1, 0.15) is 17.0 Å². The Hall–Kier alpha value is -3.23. The fourth-order valence-corrected chi connectivity index (χ4v) is 6.63. The minimum atomic E-state index is -4.42.